The van der Waals surface area contributed by atoms with E-state index in [9.17, 15) is 18.0 Å². The number of halogens is 4. The molecule has 1 fully saturated rings. The molecule has 7 heteroatoms. The summed E-state index contributed by atoms with van der Waals surface area (Å²) >= 11 is 5.73. The van der Waals surface area contributed by atoms with Gasteiger partial charge >= 0.3 is 12.2 Å². The van der Waals surface area contributed by atoms with Crippen LogP contribution in [0.15, 0.2) is 18.2 Å². The molecule has 0 radical (unpaired) electrons. The largest absolute Gasteiger partial charge is 0.427 e. The van der Waals surface area contributed by atoms with E-state index in [0.29, 0.717) is 10.5 Å². The lowest BCUT2D eigenvalue weighted by Gasteiger charge is -2.43. The number of carbonyl (C=O) groups excluding carboxylic acids is 1. The Kier molecular flexibility index (Phi) is 3.72. The molecular weight excluding hydrogens is 329 g/mol. The minimum absolute atomic E-state index is 0.0156. The van der Waals surface area contributed by atoms with Gasteiger partial charge in [-0.05, 0) is 24.5 Å². The molecule has 1 aliphatic heterocycles. The number of anilines is 1. The van der Waals surface area contributed by atoms with Crippen LogP contribution in [-0.2, 0) is 11.4 Å². The topological polar surface area (TPSA) is 32.3 Å². The number of carbonyl (C=O) groups is 1. The van der Waals surface area contributed by atoms with Gasteiger partial charge in [0.1, 0.15) is 0 Å². The molecular formula is C16H14ClF3N2O. The number of rotatable bonds is 1. The van der Waals surface area contributed by atoms with E-state index in [4.69, 9.17) is 11.6 Å². The monoisotopic (exact) mass is 342 g/mol. The van der Waals surface area contributed by atoms with Crippen LogP contribution in [0.25, 0.3) is 0 Å². The molecule has 23 heavy (non-hydrogen) atoms. The average molecular weight is 343 g/mol. The first-order valence-electron chi connectivity index (χ1n) is 7.13. The molecule has 0 bridgehead atoms. The molecule has 0 unspecified atom stereocenters. The molecule has 1 N–H and O–H groups in total. The predicted octanol–water partition coefficient (Wildman–Crippen LogP) is 4.07. The van der Waals surface area contributed by atoms with Crippen molar-refractivity contribution in [3.8, 4) is 11.8 Å². The van der Waals surface area contributed by atoms with Crippen LogP contribution in [-0.4, -0.2) is 24.2 Å². The summed E-state index contributed by atoms with van der Waals surface area (Å²) in [6.45, 7) is 0. The van der Waals surface area contributed by atoms with Crippen molar-refractivity contribution in [3.05, 3.63) is 29.3 Å². The number of alkyl halides is 4. The van der Waals surface area contributed by atoms with E-state index in [-0.39, 0.29) is 23.0 Å². The highest BCUT2D eigenvalue weighted by Gasteiger charge is 2.62. The summed E-state index contributed by atoms with van der Waals surface area (Å²) in [6, 6.07) is 3.49. The van der Waals surface area contributed by atoms with Gasteiger partial charge in [0.2, 0.25) is 5.54 Å². The molecule has 1 saturated carbocycles. The minimum atomic E-state index is -4.72. The molecule has 1 heterocycles. The molecule has 2 amide bonds. The second-order valence-corrected chi connectivity index (χ2v) is 6.02. The van der Waals surface area contributed by atoms with Gasteiger partial charge < -0.3 is 5.32 Å². The van der Waals surface area contributed by atoms with Crippen LogP contribution in [0, 0.1) is 17.8 Å². The van der Waals surface area contributed by atoms with Crippen LogP contribution in [0.3, 0.4) is 0 Å². The van der Waals surface area contributed by atoms with Gasteiger partial charge in [-0.25, -0.2) is 4.79 Å². The zero-order valence-electron chi connectivity index (χ0n) is 12.3. The molecule has 2 aliphatic rings. The van der Waals surface area contributed by atoms with E-state index in [0.717, 1.165) is 19.9 Å². The maximum Gasteiger partial charge on any atom is 0.427 e. The quantitative estimate of drug-likeness (QED) is 0.605. The van der Waals surface area contributed by atoms with Crippen LogP contribution in [0.5, 0.6) is 0 Å². The van der Waals surface area contributed by atoms with E-state index in [1.807, 2.05) is 0 Å². The van der Waals surface area contributed by atoms with Gasteiger partial charge in [0.25, 0.3) is 0 Å². The second kappa shape index (κ2) is 5.34. The fraction of sp³-hybridized carbons (Fsp3) is 0.438. The fourth-order valence-electron chi connectivity index (χ4n) is 2.62. The summed E-state index contributed by atoms with van der Waals surface area (Å²) in [5.41, 5.74) is -1.98. The van der Waals surface area contributed by atoms with Crippen molar-refractivity contribution in [1.29, 1.82) is 0 Å². The SMILES string of the molecule is CN1C(=O)Nc2cc(CCl)ccc2[C@@]1(C#CC1CC1)C(F)(F)F. The average Bonchev–Trinajstić information content (AvgIpc) is 3.30. The normalized spacial score (nSPS) is 23.7. The predicted molar refractivity (Wildman–Crippen MR) is 81.0 cm³/mol. The van der Waals surface area contributed by atoms with Crippen molar-refractivity contribution in [2.24, 2.45) is 5.92 Å². The highest BCUT2D eigenvalue weighted by atomic mass is 35.5. The Hall–Kier alpha value is -1.87. The summed E-state index contributed by atoms with van der Waals surface area (Å²) in [4.78, 5) is 12.7. The molecule has 3 nitrogen and oxygen atoms in total. The highest BCUT2D eigenvalue weighted by molar-refractivity contribution is 6.17. The minimum Gasteiger partial charge on any atom is -0.307 e. The first kappa shape index (κ1) is 16.0. The van der Waals surface area contributed by atoms with Crippen LogP contribution < -0.4 is 5.32 Å². The smallest absolute Gasteiger partial charge is 0.307 e. The van der Waals surface area contributed by atoms with Gasteiger partial charge in [-0.2, -0.15) is 13.2 Å². The van der Waals surface area contributed by atoms with Crippen molar-refractivity contribution in [3.63, 3.8) is 0 Å². The van der Waals surface area contributed by atoms with Gasteiger partial charge in [-0.1, -0.05) is 24.0 Å². The van der Waals surface area contributed by atoms with Crippen LogP contribution in [0.2, 0.25) is 0 Å². The Morgan fingerprint density at radius 2 is 2.13 bits per heavy atom. The number of fused-ring (bicyclic) bond motifs is 1. The summed E-state index contributed by atoms with van der Waals surface area (Å²) in [6.07, 6.45) is -3.12. The molecule has 1 aromatic carbocycles. The van der Waals surface area contributed by atoms with E-state index in [1.54, 1.807) is 0 Å². The summed E-state index contributed by atoms with van der Waals surface area (Å²) in [5.74, 6) is 5.17. The molecule has 0 spiro atoms. The Balaban J connectivity index is 2.25. The number of benzene rings is 1. The third-order valence-corrected chi connectivity index (χ3v) is 4.43. The molecule has 0 aromatic heterocycles. The van der Waals surface area contributed by atoms with E-state index in [1.165, 1.54) is 18.2 Å². The van der Waals surface area contributed by atoms with Crippen molar-refractivity contribution >= 4 is 23.3 Å². The number of nitrogens with one attached hydrogen (secondary N) is 1. The van der Waals surface area contributed by atoms with Gasteiger partial charge in [0, 0.05) is 30.1 Å². The maximum absolute atomic E-state index is 14.0. The van der Waals surface area contributed by atoms with Crippen LogP contribution in [0.1, 0.15) is 24.0 Å². The standard InChI is InChI=1S/C16H14ClF3N2O/c1-22-14(23)21-13-8-11(9-17)4-5-12(13)15(22,16(18,19)20)7-6-10-2-3-10/h4-5,8,10H,2-3,9H2,1H3,(H,21,23)/t15-/m0/s1. The first-order valence-corrected chi connectivity index (χ1v) is 7.66. The molecule has 1 aromatic rings. The van der Waals surface area contributed by atoms with E-state index < -0.39 is 17.7 Å². The lowest BCUT2D eigenvalue weighted by Crippen LogP contribution is -2.59. The van der Waals surface area contributed by atoms with Gasteiger partial charge in [-0.3, -0.25) is 4.90 Å². The number of hydrogen-bond donors (Lipinski definition) is 1. The van der Waals surface area contributed by atoms with Crippen LogP contribution >= 0.6 is 11.6 Å². The number of hydrogen-bond acceptors (Lipinski definition) is 1. The number of nitrogens with zero attached hydrogens (tertiary/aromatic N) is 1. The van der Waals surface area contributed by atoms with Crippen molar-refractivity contribution in [2.45, 2.75) is 30.4 Å². The Labute approximate surface area is 136 Å². The van der Waals surface area contributed by atoms with Crippen molar-refractivity contribution in [2.75, 3.05) is 12.4 Å². The molecule has 0 saturated heterocycles. The van der Waals surface area contributed by atoms with Gasteiger partial charge in [0.15, 0.2) is 0 Å². The highest BCUT2D eigenvalue weighted by Crippen LogP contribution is 2.48. The Morgan fingerprint density at radius 1 is 1.43 bits per heavy atom. The second-order valence-electron chi connectivity index (χ2n) is 5.75. The Bertz CT molecular complexity index is 718. The third kappa shape index (κ3) is 2.53. The third-order valence-electron chi connectivity index (χ3n) is 4.12. The van der Waals surface area contributed by atoms with E-state index >= 15 is 0 Å². The van der Waals surface area contributed by atoms with Gasteiger partial charge in [0.05, 0.1) is 0 Å². The molecule has 1 atom stereocenters. The zero-order chi connectivity index (χ0) is 16.8. The molecule has 122 valence electrons. The first-order chi connectivity index (χ1) is 10.8. The van der Waals surface area contributed by atoms with Gasteiger partial charge in [-0.15, -0.1) is 11.6 Å². The lowest BCUT2D eigenvalue weighted by atomic mass is 9.84. The summed E-state index contributed by atoms with van der Waals surface area (Å²) in [5, 5.41) is 2.48. The summed E-state index contributed by atoms with van der Waals surface area (Å²) in [7, 11) is 1.11. The fourth-order valence-corrected chi connectivity index (χ4v) is 2.79. The van der Waals surface area contributed by atoms with Crippen LogP contribution in [0.4, 0.5) is 23.7 Å². The Morgan fingerprint density at radius 3 is 2.70 bits per heavy atom. The number of urea groups is 1. The maximum atomic E-state index is 14.0. The zero-order valence-corrected chi connectivity index (χ0v) is 13.1. The molecule has 1 aliphatic carbocycles. The number of amides is 2. The van der Waals surface area contributed by atoms with Crippen molar-refractivity contribution in [1.82, 2.24) is 4.90 Å². The summed E-state index contributed by atoms with van der Waals surface area (Å²) < 4.78 is 42.0. The lowest BCUT2D eigenvalue weighted by molar-refractivity contribution is -0.203. The molecule has 3 rings (SSSR count). The van der Waals surface area contributed by atoms with E-state index in [2.05, 4.69) is 17.2 Å². The van der Waals surface area contributed by atoms with Crippen molar-refractivity contribution < 1.29 is 18.0 Å².